The Bertz CT molecular complexity index is 411. The van der Waals surface area contributed by atoms with Crippen LogP contribution in [0.25, 0.3) is 0 Å². The molecular formula is C14H18F3NO2. The summed E-state index contributed by atoms with van der Waals surface area (Å²) in [6, 6.07) is 6.76. The largest absolute Gasteiger partial charge is 0.484 e. The Morgan fingerprint density at radius 1 is 1.10 bits per heavy atom. The van der Waals surface area contributed by atoms with Crippen LogP contribution in [0.3, 0.4) is 0 Å². The molecule has 0 saturated heterocycles. The van der Waals surface area contributed by atoms with E-state index in [1.807, 2.05) is 0 Å². The molecule has 1 aliphatic carbocycles. The number of ether oxygens (including phenoxy) is 1. The Morgan fingerprint density at radius 2 is 1.70 bits per heavy atom. The molecule has 1 fully saturated rings. The van der Waals surface area contributed by atoms with Crippen LogP contribution in [-0.2, 0) is 0 Å². The number of hydrogen-bond acceptors (Lipinski definition) is 3. The molecule has 0 aliphatic heterocycles. The molecule has 0 aromatic heterocycles. The lowest BCUT2D eigenvalue weighted by atomic mass is 9.93. The third-order valence-electron chi connectivity index (χ3n) is 3.32. The summed E-state index contributed by atoms with van der Waals surface area (Å²) in [4.78, 5) is 0. The summed E-state index contributed by atoms with van der Waals surface area (Å²) >= 11 is 0. The van der Waals surface area contributed by atoms with Gasteiger partial charge >= 0.3 is 6.18 Å². The van der Waals surface area contributed by atoms with E-state index in [4.69, 9.17) is 0 Å². The average molecular weight is 289 g/mol. The first kappa shape index (κ1) is 15.0. The molecular weight excluding hydrogens is 271 g/mol. The van der Waals surface area contributed by atoms with E-state index in [2.05, 4.69) is 10.1 Å². The second-order valence-electron chi connectivity index (χ2n) is 5.08. The second-order valence-corrected chi connectivity index (χ2v) is 5.08. The number of anilines is 1. The molecule has 3 nitrogen and oxygen atoms in total. The van der Waals surface area contributed by atoms with E-state index >= 15 is 0 Å². The van der Waals surface area contributed by atoms with Gasteiger partial charge in [0.25, 0.3) is 0 Å². The minimum Gasteiger partial charge on any atom is -0.484 e. The van der Waals surface area contributed by atoms with Crippen molar-refractivity contribution in [1.29, 1.82) is 0 Å². The monoisotopic (exact) mass is 289 g/mol. The van der Waals surface area contributed by atoms with Crippen LogP contribution >= 0.6 is 0 Å². The standard InChI is InChI=1S/C14H18F3NO2/c15-14(16,17)9-20-13-7-3-11(4-8-13)18-10-1-5-12(19)6-2-10/h3-4,7-8,10,12,18-19H,1-2,5-6,9H2. The highest BCUT2D eigenvalue weighted by Crippen LogP contribution is 2.24. The first-order chi connectivity index (χ1) is 9.42. The van der Waals surface area contributed by atoms with E-state index in [1.54, 1.807) is 12.1 Å². The maximum Gasteiger partial charge on any atom is 0.422 e. The van der Waals surface area contributed by atoms with Gasteiger partial charge in [-0.2, -0.15) is 13.2 Å². The van der Waals surface area contributed by atoms with E-state index in [0.717, 1.165) is 31.4 Å². The molecule has 2 rings (SSSR count). The number of benzene rings is 1. The molecule has 0 unspecified atom stereocenters. The Labute approximate surface area is 115 Å². The zero-order valence-corrected chi connectivity index (χ0v) is 11.0. The van der Waals surface area contributed by atoms with Crippen molar-refractivity contribution in [1.82, 2.24) is 0 Å². The molecule has 112 valence electrons. The second kappa shape index (κ2) is 6.35. The Kier molecular flexibility index (Phi) is 4.75. The van der Waals surface area contributed by atoms with Gasteiger partial charge in [-0.15, -0.1) is 0 Å². The molecule has 0 amide bonds. The van der Waals surface area contributed by atoms with Gasteiger partial charge < -0.3 is 15.2 Å². The first-order valence-corrected chi connectivity index (χ1v) is 6.66. The lowest BCUT2D eigenvalue weighted by Gasteiger charge is -2.27. The van der Waals surface area contributed by atoms with Crippen molar-refractivity contribution in [2.75, 3.05) is 11.9 Å². The predicted molar refractivity (Wildman–Crippen MR) is 69.9 cm³/mol. The summed E-state index contributed by atoms with van der Waals surface area (Å²) in [7, 11) is 0. The van der Waals surface area contributed by atoms with Crippen LogP contribution in [0, 0.1) is 0 Å². The number of halogens is 3. The van der Waals surface area contributed by atoms with Gasteiger partial charge in [0.2, 0.25) is 0 Å². The molecule has 1 saturated carbocycles. The average Bonchev–Trinajstić information content (AvgIpc) is 2.40. The summed E-state index contributed by atoms with van der Waals surface area (Å²) in [6.07, 6.45) is -1.17. The Balaban J connectivity index is 1.82. The molecule has 1 aromatic carbocycles. The zero-order valence-electron chi connectivity index (χ0n) is 11.0. The SMILES string of the molecule is OC1CCC(Nc2ccc(OCC(F)(F)F)cc2)CC1. The summed E-state index contributed by atoms with van der Waals surface area (Å²) in [6.45, 7) is -1.28. The fourth-order valence-corrected chi connectivity index (χ4v) is 2.27. The molecule has 0 spiro atoms. The summed E-state index contributed by atoms with van der Waals surface area (Å²) < 4.78 is 40.7. The number of aliphatic hydroxyl groups is 1. The van der Waals surface area contributed by atoms with Crippen LogP contribution in [0.15, 0.2) is 24.3 Å². The lowest BCUT2D eigenvalue weighted by molar-refractivity contribution is -0.153. The molecule has 1 aromatic rings. The van der Waals surface area contributed by atoms with Crippen molar-refractivity contribution < 1.29 is 23.0 Å². The Hall–Kier alpha value is -1.43. The maximum atomic E-state index is 12.0. The molecule has 0 heterocycles. The van der Waals surface area contributed by atoms with Crippen molar-refractivity contribution in [3.05, 3.63) is 24.3 Å². The highest BCUT2D eigenvalue weighted by Gasteiger charge is 2.28. The van der Waals surface area contributed by atoms with E-state index in [9.17, 15) is 18.3 Å². The number of alkyl halides is 3. The van der Waals surface area contributed by atoms with Gasteiger partial charge in [-0.1, -0.05) is 0 Å². The van der Waals surface area contributed by atoms with Gasteiger partial charge in [0, 0.05) is 11.7 Å². The minimum absolute atomic E-state index is 0.201. The predicted octanol–water partition coefficient (Wildman–Crippen LogP) is 3.34. The van der Waals surface area contributed by atoms with Crippen LogP contribution in [0.5, 0.6) is 5.75 Å². The Morgan fingerprint density at radius 3 is 2.25 bits per heavy atom. The van der Waals surface area contributed by atoms with Gasteiger partial charge in [-0.25, -0.2) is 0 Å². The van der Waals surface area contributed by atoms with Crippen LogP contribution in [0.4, 0.5) is 18.9 Å². The van der Waals surface area contributed by atoms with E-state index in [1.165, 1.54) is 12.1 Å². The summed E-state index contributed by atoms with van der Waals surface area (Å²) in [5.41, 5.74) is 0.853. The normalized spacial score (nSPS) is 23.4. The molecule has 6 heteroatoms. The van der Waals surface area contributed by atoms with E-state index in [-0.39, 0.29) is 11.9 Å². The summed E-state index contributed by atoms with van der Waals surface area (Å²) in [5.74, 6) is 0.201. The minimum atomic E-state index is -4.32. The van der Waals surface area contributed by atoms with Crippen molar-refractivity contribution >= 4 is 5.69 Å². The maximum absolute atomic E-state index is 12.0. The van der Waals surface area contributed by atoms with E-state index in [0.29, 0.717) is 6.04 Å². The van der Waals surface area contributed by atoms with Gasteiger partial charge in [-0.05, 0) is 49.9 Å². The van der Waals surface area contributed by atoms with Crippen LogP contribution in [-0.4, -0.2) is 30.0 Å². The zero-order chi connectivity index (χ0) is 14.6. The molecule has 1 aliphatic rings. The number of aliphatic hydroxyl groups excluding tert-OH is 1. The molecule has 0 bridgehead atoms. The van der Waals surface area contributed by atoms with Gasteiger partial charge in [-0.3, -0.25) is 0 Å². The fourth-order valence-electron chi connectivity index (χ4n) is 2.27. The van der Waals surface area contributed by atoms with Crippen LogP contribution in [0.2, 0.25) is 0 Å². The first-order valence-electron chi connectivity index (χ1n) is 6.66. The highest BCUT2D eigenvalue weighted by atomic mass is 19.4. The van der Waals surface area contributed by atoms with Crippen molar-refractivity contribution in [3.8, 4) is 5.75 Å². The number of rotatable bonds is 4. The molecule has 0 radical (unpaired) electrons. The third-order valence-corrected chi connectivity index (χ3v) is 3.32. The van der Waals surface area contributed by atoms with Crippen molar-refractivity contribution in [2.24, 2.45) is 0 Å². The third kappa shape index (κ3) is 4.92. The summed E-state index contributed by atoms with van der Waals surface area (Å²) in [5, 5.41) is 12.7. The van der Waals surface area contributed by atoms with Crippen molar-refractivity contribution in [3.63, 3.8) is 0 Å². The molecule has 2 N–H and O–H groups in total. The topological polar surface area (TPSA) is 41.5 Å². The molecule has 20 heavy (non-hydrogen) atoms. The lowest BCUT2D eigenvalue weighted by Crippen LogP contribution is -2.28. The van der Waals surface area contributed by atoms with Gasteiger partial charge in [0.05, 0.1) is 6.10 Å². The quantitative estimate of drug-likeness (QED) is 0.893. The van der Waals surface area contributed by atoms with Crippen LogP contribution < -0.4 is 10.1 Å². The smallest absolute Gasteiger partial charge is 0.422 e. The highest BCUT2D eigenvalue weighted by molar-refractivity contribution is 5.47. The fraction of sp³-hybridized carbons (Fsp3) is 0.571. The van der Waals surface area contributed by atoms with Gasteiger partial charge in [0.15, 0.2) is 6.61 Å². The van der Waals surface area contributed by atoms with Crippen LogP contribution in [0.1, 0.15) is 25.7 Å². The van der Waals surface area contributed by atoms with E-state index < -0.39 is 12.8 Å². The van der Waals surface area contributed by atoms with Gasteiger partial charge in [0.1, 0.15) is 5.75 Å². The number of nitrogens with one attached hydrogen (secondary N) is 1. The molecule has 0 atom stereocenters. The number of hydrogen-bond donors (Lipinski definition) is 2. The van der Waals surface area contributed by atoms with Crippen molar-refractivity contribution in [2.45, 2.75) is 44.0 Å².